The summed E-state index contributed by atoms with van der Waals surface area (Å²) in [4.78, 5) is 21.0. The van der Waals surface area contributed by atoms with Gasteiger partial charge in [0.1, 0.15) is 0 Å². The Morgan fingerprint density at radius 1 is 1.25 bits per heavy atom. The number of nitrogens with zero attached hydrogens (tertiary/aromatic N) is 1. The number of carboxylic acid groups (broad SMARTS) is 1. The summed E-state index contributed by atoms with van der Waals surface area (Å²) >= 11 is 3.26. The standard InChI is InChI=1S/C13H9BrN2O4/c14-11-6-8(13(17)18)4-5-12(11)15-9-2-1-3-10(7-9)16(19)20/h1-7,15H,(H,17,18). The zero-order chi connectivity index (χ0) is 14.7. The molecule has 6 nitrogen and oxygen atoms in total. The molecule has 2 aromatic rings. The Morgan fingerprint density at radius 3 is 2.60 bits per heavy atom. The quantitative estimate of drug-likeness (QED) is 0.654. The van der Waals surface area contributed by atoms with E-state index in [4.69, 9.17) is 5.11 Å². The lowest BCUT2D eigenvalue weighted by atomic mass is 10.2. The van der Waals surface area contributed by atoms with E-state index in [0.717, 1.165) is 0 Å². The maximum atomic E-state index is 10.8. The van der Waals surface area contributed by atoms with Crippen LogP contribution in [0.25, 0.3) is 0 Å². The zero-order valence-electron chi connectivity index (χ0n) is 10.0. The maximum Gasteiger partial charge on any atom is 0.335 e. The first-order valence-electron chi connectivity index (χ1n) is 5.51. The molecule has 7 heteroatoms. The van der Waals surface area contributed by atoms with Crippen LogP contribution in [0.15, 0.2) is 46.9 Å². The van der Waals surface area contributed by atoms with E-state index in [0.29, 0.717) is 15.8 Å². The molecule has 0 spiro atoms. The number of halogens is 1. The number of non-ortho nitro benzene ring substituents is 1. The monoisotopic (exact) mass is 336 g/mol. The van der Waals surface area contributed by atoms with Gasteiger partial charge in [-0.2, -0.15) is 0 Å². The van der Waals surface area contributed by atoms with Crippen LogP contribution < -0.4 is 5.32 Å². The lowest BCUT2D eigenvalue weighted by Crippen LogP contribution is -1.98. The highest BCUT2D eigenvalue weighted by Gasteiger charge is 2.09. The third-order valence-corrected chi connectivity index (χ3v) is 3.21. The van der Waals surface area contributed by atoms with Gasteiger partial charge in [-0.05, 0) is 40.2 Å². The fraction of sp³-hybridized carbons (Fsp3) is 0. The number of nitro benzene ring substituents is 1. The predicted octanol–water partition coefficient (Wildman–Crippen LogP) is 3.80. The van der Waals surface area contributed by atoms with Gasteiger partial charge < -0.3 is 10.4 Å². The number of carbonyl (C=O) groups is 1. The second-order valence-electron chi connectivity index (χ2n) is 3.93. The lowest BCUT2D eigenvalue weighted by molar-refractivity contribution is -0.384. The Balaban J connectivity index is 2.28. The first kappa shape index (κ1) is 14.0. The average Bonchev–Trinajstić information content (AvgIpc) is 2.41. The van der Waals surface area contributed by atoms with Gasteiger partial charge in [0.15, 0.2) is 0 Å². The van der Waals surface area contributed by atoms with Crippen molar-refractivity contribution >= 4 is 39.0 Å². The van der Waals surface area contributed by atoms with Crippen LogP contribution in [0.1, 0.15) is 10.4 Å². The molecule has 2 rings (SSSR count). The summed E-state index contributed by atoms with van der Waals surface area (Å²) in [6.45, 7) is 0. The topological polar surface area (TPSA) is 92.5 Å². The summed E-state index contributed by atoms with van der Waals surface area (Å²) in [5.41, 5.74) is 1.30. The van der Waals surface area contributed by atoms with Crippen LogP contribution in [0.5, 0.6) is 0 Å². The average molecular weight is 337 g/mol. The van der Waals surface area contributed by atoms with Crippen molar-refractivity contribution in [3.63, 3.8) is 0 Å². The number of hydrogen-bond donors (Lipinski definition) is 2. The Bertz CT molecular complexity index is 688. The van der Waals surface area contributed by atoms with Crippen molar-refractivity contribution in [2.75, 3.05) is 5.32 Å². The fourth-order valence-electron chi connectivity index (χ4n) is 1.60. The molecule has 2 aromatic carbocycles. The summed E-state index contributed by atoms with van der Waals surface area (Å²) in [6.07, 6.45) is 0. The predicted molar refractivity (Wildman–Crippen MR) is 77.5 cm³/mol. The third-order valence-electron chi connectivity index (χ3n) is 2.55. The van der Waals surface area contributed by atoms with Crippen LogP contribution in [0.2, 0.25) is 0 Å². The minimum absolute atomic E-state index is 0.0201. The van der Waals surface area contributed by atoms with Crippen molar-refractivity contribution < 1.29 is 14.8 Å². The molecule has 0 aliphatic heterocycles. The number of anilines is 2. The van der Waals surface area contributed by atoms with Gasteiger partial charge in [0.2, 0.25) is 0 Å². The van der Waals surface area contributed by atoms with Crippen molar-refractivity contribution in [3.05, 3.63) is 62.6 Å². The molecule has 0 saturated heterocycles. The molecule has 0 amide bonds. The molecule has 102 valence electrons. The van der Waals surface area contributed by atoms with E-state index in [-0.39, 0.29) is 11.3 Å². The molecule has 0 aromatic heterocycles. The molecule has 0 bridgehead atoms. The number of carboxylic acids is 1. The van der Waals surface area contributed by atoms with Crippen molar-refractivity contribution in [1.29, 1.82) is 0 Å². The number of benzene rings is 2. The highest BCUT2D eigenvalue weighted by molar-refractivity contribution is 9.10. The molecule has 20 heavy (non-hydrogen) atoms. The number of aromatic carboxylic acids is 1. The molecule has 0 aliphatic carbocycles. The number of hydrogen-bond acceptors (Lipinski definition) is 4. The fourth-order valence-corrected chi connectivity index (χ4v) is 2.08. The number of rotatable bonds is 4. The van der Waals surface area contributed by atoms with Crippen molar-refractivity contribution in [2.45, 2.75) is 0 Å². The molecule has 2 N–H and O–H groups in total. The van der Waals surface area contributed by atoms with E-state index >= 15 is 0 Å². The Labute approximate surface area is 122 Å². The summed E-state index contributed by atoms with van der Waals surface area (Å²) in [5.74, 6) is -1.02. The highest BCUT2D eigenvalue weighted by atomic mass is 79.9. The van der Waals surface area contributed by atoms with Gasteiger partial charge in [-0.3, -0.25) is 10.1 Å². The van der Waals surface area contributed by atoms with Crippen LogP contribution in [0, 0.1) is 10.1 Å². The molecule has 0 saturated carbocycles. The molecule has 0 aliphatic rings. The second kappa shape index (κ2) is 5.70. The Morgan fingerprint density at radius 2 is 2.00 bits per heavy atom. The van der Waals surface area contributed by atoms with E-state index in [2.05, 4.69) is 21.2 Å². The number of nitrogens with one attached hydrogen (secondary N) is 1. The summed E-state index contributed by atoms with van der Waals surface area (Å²) in [6, 6.07) is 10.6. The second-order valence-corrected chi connectivity index (χ2v) is 4.79. The molecular formula is C13H9BrN2O4. The van der Waals surface area contributed by atoms with Gasteiger partial charge in [0.05, 0.1) is 16.2 Å². The third kappa shape index (κ3) is 3.12. The van der Waals surface area contributed by atoms with Crippen LogP contribution in [-0.4, -0.2) is 16.0 Å². The first-order valence-corrected chi connectivity index (χ1v) is 6.31. The van der Waals surface area contributed by atoms with Crippen LogP contribution >= 0.6 is 15.9 Å². The van der Waals surface area contributed by atoms with Crippen LogP contribution in [0.3, 0.4) is 0 Å². The van der Waals surface area contributed by atoms with E-state index in [9.17, 15) is 14.9 Å². The van der Waals surface area contributed by atoms with E-state index < -0.39 is 10.9 Å². The maximum absolute atomic E-state index is 10.8. The van der Waals surface area contributed by atoms with Gasteiger partial charge in [-0.25, -0.2) is 4.79 Å². The molecule has 0 unspecified atom stereocenters. The van der Waals surface area contributed by atoms with Crippen molar-refractivity contribution in [1.82, 2.24) is 0 Å². The van der Waals surface area contributed by atoms with Gasteiger partial charge in [-0.1, -0.05) is 6.07 Å². The largest absolute Gasteiger partial charge is 0.478 e. The normalized spacial score (nSPS) is 10.1. The Kier molecular flexibility index (Phi) is 3.99. The number of nitro groups is 1. The molecule has 0 heterocycles. The van der Waals surface area contributed by atoms with E-state index in [1.165, 1.54) is 24.3 Å². The van der Waals surface area contributed by atoms with Crippen LogP contribution in [-0.2, 0) is 0 Å². The first-order chi connectivity index (χ1) is 9.47. The molecular weight excluding hydrogens is 328 g/mol. The molecule has 0 fully saturated rings. The summed E-state index contributed by atoms with van der Waals surface area (Å²) < 4.78 is 0.559. The minimum atomic E-state index is -1.02. The van der Waals surface area contributed by atoms with Crippen molar-refractivity contribution in [3.8, 4) is 0 Å². The summed E-state index contributed by atoms with van der Waals surface area (Å²) in [7, 11) is 0. The highest BCUT2D eigenvalue weighted by Crippen LogP contribution is 2.28. The van der Waals surface area contributed by atoms with Gasteiger partial charge >= 0.3 is 5.97 Å². The smallest absolute Gasteiger partial charge is 0.335 e. The lowest BCUT2D eigenvalue weighted by Gasteiger charge is -2.09. The minimum Gasteiger partial charge on any atom is -0.478 e. The summed E-state index contributed by atoms with van der Waals surface area (Å²) in [5, 5.41) is 22.6. The SMILES string of the molecule is O=C(O)c1ccc(Nc2cccc([N+](=O)[O-])c2)c(Br)c1. The van der Waals surface area contributed by atoms with Gasteiger partial charge in [0, 0.05) is 22.3 Å². The van der Waals surface area contributed by atoms with Crippen LogP contribution in [0.4, 0.5) is 17.1 Å². The molecule has 0 atom stereocenters. The zero-order valence-corrected chi connectivity index (χ0v) is 11.6. The molecule has 0 radical (unpaired) electrons. The van der Waals surface area contributed by atoms with E-state index in [1.807, 2.05) is 0 Å². The van der Waals surface area contributed by atoms with E-state index in [1.54, 1.807) is 18.2 Å². The Hall–Kier alpha value is -2.41. The van der Waals surface area contributed by atoms with Crippen molar-refractivity contribution in [2.24, 2.45) is 0 Å². The van der Waals surface area contributed by atoms with Gasteiger partial charge in [-0.15, -0.1) is 0 Å². The van der Waals surface area contributed by atoms with Gasteiger partial charge in [0.25, 0.3) is 5.69 Å².